The Kier molecular flexibility index (Phi) is 7.24. The van der Waals surface area contributed by atoms with E-state index in [1.807, 2.05) is 37.3 Å². The maximum atomic E-state index is 13.0. The number of thioether (sulfide) groups is 1. The number of anilines is 1. The molecule has 0 unspecified atom stereocenters. The fraction of sp³-hybridized carbons (Fsp3) is 0.294. The number of hydrogen-bond donors (Lipinski definition) is 1. The van der Waals surface area contributed by atoms with Gasteiger partial charge in [0, 0.05) is 33.0 Å². The number of rotatable bonds is 8. The van der Waals surface area contributed by atoms with Crippen LogP contribution in [-0.4, -0.2) is 25.7 Å². The molecule has 2 rings (SSSR count). The molecule has 1 N–H and O–H groups in total. The van der Waals surface area contributed by atoms with Gasteiger partial charge in [-0.15, -0.1) is 11.8 Å². The Balaban J connectivity index is 2.29. The molecule has 0 amide bonds. The minimum atomic E-state index is -5.58. The monoisotopic (exact) mass is 436 g/mol. The van der Waals surface area contributed by atoms with E-state index in [0.717, 1.165) is 11.0 Å². The van der Waals surface area contributed by atoms with Crippen LogP contribution in [-0.2, 0) is 25.7 Å². The van der Waals surface area contributed by atoms with Crippen LogP contribution in [0.5, 0.6) is 0 Å². The Morgan fingerprint density at radius 2 is 1.81 bits per heavy atom. The highest BCUT2D eigenvalue weighted by Crippen LogP contribution is 2.35. The fourth-order valence-corrected chi connectivity index (χ4v) is 4.59. The zero-order chi connectivity index (χ0) is 20.1. The molecule has 4 nitrogen and oxygen atoms in total. The second kappa shape index (κ2) is 9.03. The molecule has 0 aliphatic rings. The van der Waals surface area contributed by atoms with Crippen molar-refractivity contribution < 1.29 is 25.8 Å². The van der Waals surface area contributed by atoms with E-state index in [-0.39, 0.29) is 28.3 Å². The molecule has 0 aromatic heterocycles. The quantitative estimate of drug-likeness (QED) is 0.478. The lowest BCUT2D eigenvalue weighted by Gasteiger charge is -2.20. The van der Waals surface area contributed by atoms with E-state index >= 15 is 0 Å². The van der Waals surface area contributed by atoms with Crippen molar-refractivity contribution in [3.8, 4) is 0 Å². The molecule has 2 aromatic carbocycles. The summed E-state index contributed by atoms with van der Waals surface area (Å²) in [5, 5.41) is 2.89. The number of halogens is 3. The molecule has 0 bridgehead atoms. The van der Waals surface area contributed by atoms with Crippen LogP contribution in [0.2, 0.25) is 0 Å². The molecule has 1 atom stereocenters. The fourth-order valence-electron chi connectivity index (χ4n) is 2.22. The van der Waals surface area contributed by atoms with Gasteiger partial charge in [0.15, 0.2) is 0 Å². The van der Waals surface area contributed by atoms with Gasteiger partial charge >= 0.3 is 17.2 Å². The number of alkyl halides is 3. The maximum Gasteiger partial charge on any atom is 0.505 e. The summed E-state index contributed by atoms with van der Waals surface area (Å²) < 4.78 is 73.8. The Morgan fingerprint density at radius 3 is 2.37 bits per heavy atom. The van der Waals surface area contributed by atoms with Crippen LogP contribution < -0.4 is 5.32 Å². The number of benzene rings is 2. The molecule has 2 aromatic rings. The van der Waals surface area contributed by atoms with Gasteiger partial charge in [-0.05, 0) is 24.6 Å². The lowest BCUT2D eigenvalue weighted by molar-refractivity contribution is -0.0435. The van der Waals surface area contributed by atoms with E-state index in [0.29, 0.717) is 12.2 Å². The molecule has 10 heteroatoms. The van der Waals surface area contributed by atoms with Gasteiger partial charge in [-0.1, -0.05) is 25.1 Å². The second-order valence-corrected chi connectivity index (χ2v) is 9.21. The van der Waals surface area contributed by atoms with Gasteiger partial charge in [-0.25, -0.2) is 8.42 Å². The first-order valence-corrected chi connectivity index (χ1v) is 11.1. The molecule has 0 spiro atoms. The number of hydrogen-bond acceptors (Lipinski definition) is 5. The zero-order valence-corrected chi connectivity index (χ0v) is 16.6. The van der Waals surface area contributed by atoms with E-state index in [1.54, 1.807) is 0 Å². The predicted octanol–water partition coefficient (Wildman–Crippen LogP) is 4.75. The van der Waals surface area contributed by atoms with Crippen molar-refractivity contribution in [2.24, 2.45) is 0 Å². The minimum Gasteiger partial charge on any atom is -0.380 e. The molecule has 0 heterocycles. The van der Waals surface area contributed by atoms with Crippen molar-refractivity contribution in [3.63, 3.8) is 0 Å². The van der Waals surface area contributed by atoms with Crippen LogP contribution in [0.15, 0.2) is 63.2 Å². The highest BCUT2D eigenvalue weighted by molar-refractivity contribution is 7.99. The SMILES string of the molecule is CC[C@H](CSc1ccccc1)Nc1ccc([S+]=O)cc1S(=O)(=O)C(F)(F)F. The van der Waals surface area contributed by atoms with E-state index in [9.17, 15) is 25.8 Å². The third kappa shape index (κ3) is 5.43. The third-order valence-electron chi connectivity index (χ3n) is 3.69. The predicted molar refractivity (Wildman–Crippen MR) is 101 cm³/mol. The first-order chi connectivity index (χ1) is 12.7. The van der Waals surface area contributed by atoms with E-state index in [4.69, 9.17) is 0 Å². The Morgan fingerprint density at radius 1 is 1.15 bits per heavy atom. The highest BCUT2D eigenvalue weighted by atomic mass is 32.2. The Hall–Kier alpha value is -1.65. The lowest BCUT2D eigenvalue weighted by atomic mass is 10.2. The molecule has 0 saturated carbocycles. The summed E-state index contributed by atoms with van der Waals surface area (Å²) in [6.07, 6.45) is 0.573. The number of nitrogens with one attached hydrogen (secondary N) is 1. The summed E-state index contributed by atoms with van der Waals surface area (Å²) >= 11 is 1.45. The van der Waals surface area contributed by atoms with Gasteiger partial charge in [-0.2, -0.15) is 13.2 Å². The largest absolute Gasteiger partial charge is 0.505 e. The Bertz CT molecular complexity index is 887. The molecule has 146 valence electrons. The summed E-state index contributed by atoms with van der Waals surface area (Å²) in [5.74, 6) is 0.532. The molecule has 0 aliphatic carbocycles. The van der Waals surface area contributed by atoms with E-state index < -0.39 is 20.2 Å². The number of sulfone groups is 1. The summed E-state index contributed by atoms with van der Waals surface area (Å²) in [4.78, 5) is -0.0342. The van der Waals surface area contributed by atoms with Crippen molar-refractivity contribution >= 4 is 39.0 Å². The molecule has 0 aliphatic heterocycles. The summed E-state index contributed by atoms with van der Waals surface area (Å²) in [5.41, 5.74) is -5.61. The average Bonchev–Trinajstić information content (AvgIpc) is 2.65. The van der Waals surface area contributed by atoms with Crippen molar-refractivity contribution in [3.05, 3.63) is 48.5 Å². The van der Waals surface area contributed by atoms with Gasteiger partial charge in [0.25, 0.3) is 14.7 Å². The van der Waals surface area contributed by atoms with Crippen molar-refractivity contribution in [1.29, 1.82) is 0 Å². The van der Waals surface area contributed by atoms with Gasteiger partial charge in [0.1, 0.15) is 4.90 Å². The second-order valence-electron chi connectivity index (χ2n) is 5.56. The summed E-state index contributed by atoms with van der Waals surface area (Å²) in [6, 6.07) is 12.5. The smallest absolute Gasteiger partial charge is 0.380 e. The van der Waals surface area contributed by atoms with Crippen molar-refractivity contribution in [2.75, 3.05) is 11.1 Å². The van der Waals surface area contributed by atoms with Crippen LogP contribution >= 0.6 is 11.8 Å². The summed E-state index contributed by atoms with van der Waals surface area (Å²) in [7, 11) is -5.58. The molecule has 27 heavy (non-hydrogen) atoms. The lowest BCUT2D eigenvalue weighted by Crippen LogP contribution is -2.27. The first-order valence-electron chi connectivity index (χ1n) is 7.88. The molecular weight excluding hydrogens is 419 g/mol. The molecule has 0 fully saturated rings. The van der Waals surface area contributed by atoms with Gasteiger partial charge in [-0.3, -0.25) is 0 Å². The highest BCUT2D eigenvalue weighted by Gasteiger charge is 2.48. The van der Waals surface area contributed by atoms with Gasteiger partial charge in [0.05, 0.1) is 5.69 Å². The van der Waals surface area contributed by atoms with Crippen molar-refractivity contribution in [2.45, 2.75) is 39.6 Å². The van der Waals surface area contributed by atoms with E-state index in [1.165, 1.54) is 23.9 Å². The maximum absolute atomic E-state index is 13.0. The van der Waals surface area contributed by atoms with Crippen molar-refractivity contribution in [1.82, 2.24) is 0 Å². The van der Waals surface area contributed by atoms with Crippen LogP contribution in [0.25, 0.3) is 0 Å². The van der Waals surface area contributed by atoms with Crippen LogP contribution in [0.4, 0.5) is 18.9 Å². The zero-order valence-electron chi connectivity index (χ0n) is 14.2. The minimum absolute atomic E-state index is 0.0631. The molecule has 0 radical (unpaired) electrons. The third-order valence-corrected chi connectivity index (χ3v) is 6.84. The average molecular weight is 437 g/mol. The van der Waals surface area contributed by atoms with E-state index in [2.05, 4.69) is 5.32 Å². The van der Waals surface area contributed by atoms with Gasteiger partial charge < -0.3 is 5.32 Å². The van der Waals surface area contributed by atoms with Crippen LogP contribution in [0.1, 0.15) is 13.3 Å². The first kappa shape index (κ1) is 21.6. The molecule has 0 saturated heterocycles. The van der Waals surface area contributed by atoms with Crippen LogP contribution in [0, 0.1) is 0 Å². The summed E-state index contributed by atoms with van der Waals surface area (Å²) in [6.45, 7) is 1.85. The molecular formula is C17H17F3NO3S3+. The van der Waals surface area contributed by atoms with Crippen LogP contribution in [0.3, 0.4) is 0 Å². The standard InChI is InChI=1S/C17H17F3NO3S3/c1-2-12(11-25-13-6-4-3-5-7-13)21-15-9-8-14(26-22)10-16(15)27(23,24)17(18,19)20/h3-10,12,21H,2,11H2,1H3/q+1/t12-/m1/s1. The van der Waals surface area contributed by atoms with Gasteiger partial charge in [0.2, 0.25) is 0 Å². The topological polar surface area (TPSA) is 63.2 Å². The Labute approximate surface area is 164 Å². The normalized spacial score (nSPS) is 13.2.